The molecule has 1 amide bonds. The highest BCUT2D eigenvalue weighted by atomic mass is 35.5. The molecule has 32 heavy (non-hydrogen) atoms. The number of anilines is 1. The first-order valence-corrected chi connectivity index (χ1v) is 11.8. The van der Waals surface area contributed by atoms with Crippen LogP contribution < -0.4 is 14.4 Å². The van der Waals surface area contributed by atoms with Gasteiger partial charge in [0.25, 0.3) is 0 Å². The fourth-order valence-electron chi connectivity index (χ4n) is 2.83. The zero-order valence-electron chi connectivity index (χ0n) is 17.3. The molecule has 1 atom stereocenters. The summed E-state index contributed by atoms with van der Waals surface area (Å²) < 4.78 is 70.2. The molecule has 0 aliphatic rings. The lowest BCUT2D eigenvalue weighted by atomic mass is 10.1. The third-order valence-corrected chi connectivity index (χ3v) is 6.39. The molecular formula is C20H21Cl2F3N2O4S. The molecule has 0 heterocycles. The lowest BCUT2D eigenvalue weighted by Crippen LogP contribution is -2.48. The Bertz CT molecular complexity index is 1090. The van der Waals surface area contributed by atoms with Gasteiger partial charge in [-0.05, 0) is 49.7 Å². The van der Waals surface area contributed by atoms with Crippen molar-refractivity contribution < 1.29 is 31.1 Å². The first-order chi connectivity index (χ1) is 14.7. The number of amides is 1. The third-order valence-electron chi connectivity index (χ3n) is 4.41. The third kappa shape index (κ3) is 6.66. The molecule has 1 N–H and O–H groups in total. The van der Waals surface area contributed by atoms with Gasteiger partial charge in [0.2, 0.25) is 15.9 Å². The van der Waals surface area contributed by atoms with Gasteiger partial charge in [0.15, 0.2) is 0 Å². The van der Waals surface area contributed by atoms with Crippen molar-refractivity contribution in [2.75, 3.05) is 23.7 Å². The van der Waals surface area contributed by atoms with E-state index in [4.69, 9.17) is 27.9 Å². The molecule has 0 saturated heterocycles. The maximum Gasteiger partial charge on any atom is 0.417 e. The molecule has 0 aliphatic heterocycles. The molecule has 0 spiro atoms. The predicted octanol–water partition coefficient (Wildman–Crippen LogP) is 4.67. The molecule has 0 aliphatic carbocycles. The second kappa shape index (κ2) is 10.2. The van der Waals surface area contributed by atoms with E-state index in [2.05, 4.69) is 5.32 Å². The number of nitrogens with one attached hydrogen (secondary N) is 1. The van der Waals surface area contributed by atoms with Crippen LogP contribution in [0.1, 0.15) is 18.1 Å². The number of carbonyl (C=O) groups is 1. The normalized spacial score (nSPS) is 12.9. The predicted molar refractivity (Wildman–Crippen MR) is 118 cm³/mol. The van der Waals surface area contributed by atoms with Gasteiger partial charge in [-0.25, -0.2) is 8.42 Å². The van der Waals surface area contributed by atoms with Crippen molar-refractivity contribution in [3.8, 4) is 5.75 Å². The standard InChI is InChI=1S/C20H21Cl2F3N2O4S/c1-12-4-6-15(11-18(12)22)31-9-8-26-19(28)13(2)27(32(3,29)30)14-5-7-17(21)16(10-14)20(23,24)25/h4-7,10-11,13H,8-9H2,1-3H3,(H,26,28). The Kier molecular flexibility index (Phi) is 8.30. The van der Waals surface area contributed by atoms with Gasteiger partial charge < -0.3 is 10.1 Å². The number of alkyl halides is 3. The van der Waals surface area contributed by atoms with Crippen molar-refractivity contribution >= 4 is 44.8 Å². The average molecular weight is 513 g/mol. The highest BCUT2D eigenvalue weighted by Gasteiger charge is 2.36. The molecule has 1 unspecified atom stereocenters. The van der Waals surface area contributed by atoms with E-state index < -0.39 is 38.7 Å². The summed E-state index contributed by atoms with van der Waals surface area (Å²) in [6.45, 7) is 3.19. The number of sulfonamides is 1. The van der Waals surface area contributed by atoms with E-state index in [0.29, 0.717) is 21.1 Å². The smallest absolute Gasteiger partial charge is 0.417 e. The summed E-state index contributed by atoms with van der Waals surface area (Å²) in [5.41, 5.74) is -0.668. The molecule has 0 fully saturated rings. The van der Waals surface area contributed by atoms with E-state index in [1.165, 1.54) is 6.92 Å². The van der Waals surface area contributed by atoms with Crippen LogP contribution in [0.25, 0.3) is 0 Å². The Hall–Kier alpha value is -2.17. The Labute approximate surface area is 194 Å². The van der Waals surface area contributed by atoms with Crippen LogP contribution in [0, 0.1) is 6.92 Å². The van der Waals surface area contributed by atoms with E-state index in [0.717, 1.165) is 24.0 Å². The second-order valence-corrected chi connectivity index (χ2v) is 9.62. The molecular weight excluding hydrogens is 492 g/mol. The largest absolute Gasteiger partial charge is 0.492 e. The Morgan fingerprint density at radius 2 is 1.81 bits per heavy atom. The zero-order valence-corrected chi connectivity index (χ0v) is 19.7. The van der Waals surface area contributed by atoms with Crippen LogP contribution in [-0.2, 0) is 21.0 Å². The lowest BCUT2D eigenvalue weighted by molar-refractivity contribution is -0.137. The van der Waals surface area contributed by atoms with Gasteiger partial charge >= 0.3 is 6.18 Å². The van der Waals surface area contributed by atoms with Crippen LogP contribution in [0.3, 0.4) is 0 Å². The van der Waals surface area contributed by atoms with Crippen molar-refractivity contribution in [3.63, 3.8) is 0 Å². The first kappa shape index (κ1) is 26.1. The van der Waals surface area contributed by atoms with Crippen LogP contribution in [0.5, 0.6) is 5.75 Å². The quantitative estimate of drug-likeness (QED) is 0.521. The molecule has 0 aromatic heterocycles. The van der Waals surface area contributed by atoms with Crippen LogP contribution in [-0.4, -0.2) is 39.8 Å². The average Bonchev–Trinajstić information content (AvgIpc) is 2.67. The minimum absolute atomic E-state index is 0.0285. The van der Waals surface area contributed by atoms with Crippen molar-refractivity contribution in [2.24, 2.45) is 0 Å². The highest BCUT2D eigenvalue weighted by Crippen LogP contribution is 2.37. The summed E-state index contributed by atoms with van der Waals surface area (Å²) >= 11 is 11.6. The Morgan fingerprint density at radius 1 is 1.16 bits per heavy atom. The van der Waals surface area contributed by atoms with Gasteiger partial charge in [0.05, 0.1) is 29.1 Å². The molecule has 0 saturated carbocycles. The van der Waals surface area contributed by atoms with Crippen molar-refractivity contribution in [3.05, 3.63) is 57.6 Å². The maximum absolute atomic E-state index is 13.2. The molecule has 2 rings (SSSR count). The number of benzene rings is 2. The van der Waals surface area contributed by atoms with E-state index in [1.807, 2.05) is 6.92 Å². The van der Waals surface area contributed by atoms with Gasteiger partial charge in [0, 0.05) is 5.02 Å². The minimum atomic E-state index is -4.79. The summed E-state index contributed by atoms with van der Waals surface area (Å²) in [5, 5.41) is 2.44. The molecule has 12 heteroatoms. The lowest BCUT2D eigenvalue weighted by Gasteiger charge is -2.29. The van der Waals surface area contributed by atoms with Crippen molar-refractivity contribution in [1.82, 2.24) is 5.32 Å². The number of aryl methyl sites for hydroxylation is 1. The van der Waals surface area contributed by atoms with Crippen LogP contribution in [0.15, 0.2) is 36.4 Å². The summed E-state index contributed by atoms with van der Waals surface area (Å²) in [6, 6.07) is 6.39. The highest BCUT2D eigenvalue weighted by molar-refractivity contribution is 7.92. The van der Waals surface area contributed by atoms with Gasteiger partial charge in [-0.2, -0.15) is 13.2 Å². The van der Waals surface area contributed by atoms with Gasteiger partial charge in [-0.1, -0.05) is 29.3 Å². The Balaban J connectivity index is 2.12. The second-order valence-electron chi connectivity index (χ2n) is 6.95. The number of carbonyl (C=O) groups excluding carboxylic acids is 1. The number of ether oxygens (including phenoxy) is 1. The zero-order chi connectivity index (χ0) is 24.3. The molecule has 2 aromatic rings. The van der Waals surface area contributed by atoms with Crippen LogP contribution in [0.2, 0.25) is 10.0 Å². The number of hydrogen-bond donors (Lipinski definition) is 1. The van der Waals surface area contributed by atoms with Gasteiger partial charge in [0.1, 0.15) is 18.4 Å². The van der Waals surface area contributed by atoms with Crippen LogP contribution >= 0.6 is 23.2 Å². The van der Waals surface area contributed by atoms with E-state index in [1.54, 1.807) is 18.2 Å². The minimum Gasteiger partial charge on any atom is -0.492 e. The molecule has 0 bridgehead atoms. The van der Waals surface area contributed by atoms with Crippen molar-refractivity contribution in [2.45, 2.75) is 26.1 Å². The number of nitrogens with zero attached hydrogens (tertiary/aromatic N) is 1. The van der Waals surface area contributed by atoms with Crippen LogP contribution in [0.4, 0.5) is 18.9 Å². The summed E-state index contributed by atoms with van der Waals surface area (Å²) in [5.74, 6) is -0.231. The van der Waals surface area contributed by atoms with Crippen molar-refractivity contribution in [1.29, 1.82) is 0 Å². The fraction of sp³-hybridized carbons (Fsp3) is 0.350. The topological polar surface area (TPSA) is 75.7 Å². The summed E-state index contributed by atoms with van der Waals surface area (Å²) in [7, 11) is -4.10. The Morgan fingerprint density at radius 3 is 2.38 bits per heavy atom. The molecule has 0 radical (unpaired) electrons. The summed E-state index contributed by atoms with van der Waals surface area (Å²) in [4.78, 5) is 12.5. The van der Waals surface area contributed by atoms with Gasteiger partial charge in [-0.3, -0.25) is 9.10 Å². The SMILES string of the molecule is Cc1ccc(OCCNC(=O)C(C)N(c2ccc(Cl)c(C(F)(F)F)c2)S(C)(=O)=O)cc1Cl. The van der Waals surface area contributed by atoms with E-state index >= 15 is 0 Å². The first-order valence-electron chi connectivity index (χ1n) is 9.24. The monoisotopic (exact) mass is 512 g/mol. The number of rotatable bonds is 8. The molecule has 2 aromatic carbocycles. The van der Waals surface area contributed by atoms with Gasteiger partial charge in [-0.15, -0.1) is 0 Å². The molecule has 176 valence electrons. The molecule has 6 nitrogen and oxygen atoms in total. The maximum atomic E-state index is 13.2. The van der Waals surface area contributed by atoms with E-state index in [-0.39, 0.29) is 18.8 Å². The number of hydrogen-bond acceptors (Lipinski definition) is 4. The summed E-state index contributed by atoms with van der Waals surface area (Å²) in [6.07, 6.45) is -4.00. The fourth-order valence-corrected chi connectivity index (χ4v) is 4.39. The van der Waals surface area contributed by atoms with E-state index in [9.17, 15) is 26.4 Å². The number of halogens is 5.